The Labute approximate surface area is 187 Å². The summed E-state index contributed by atoms with van der Waals surface area (Å²) < 4.78 is 17.5. The first-order valence-electron chi connectivity index (χ1n) is 10.1. The lowest BCUT2D eigenvalue weighted by molar-refractivity contribution is 0.0600. The molecule has 0 unspecified atom stereocenters. The minimum atomic E-state index is -0.354. The monoisotopic (exact) mass is 428 g/mol. The number of hydrogen-bond donors (Lipinski definition) is 0. The molecule has 6 heteroatoms. The molecule has 0 aliphatic rings. The van der Waals surface area contributed by atoms with Crippen LogP contribution >= 0.6 is 0 Å². The molecule has 0 fully saturated rings. The van der Waals surface area contributed by atoms with E-state index in [1.54, 1.807) is 26.4 Å². The SMILES string of the molecule is COC(=O)c1ccc(Cn2nc(-c3cccc(OC)c3)cc2-c2cccc(OC)c2)cc1. The number of hydrogen-bond acceptors (Lipinski definition) is 5. The highest BCUT2D eigenvalue weighted by Gasteiger charge is 2.14. The van der Waals surface area contributed by atoms with Gasteiger partial charge in [-0.2, -0.15) is 5.10 Å². The van der Waals surface area contributed by atoms with Gasteiger partial charge in [-0.1, -0.05) is 36.4 Å². The smallest absolute Gasteiger partial charge is 0.337 e. The summed E-state index contributed by atoms with van der Waals surface area (Å²) in [6, 6.07) is 25.1. The molecule has 0 saturated heterocycles. The van der Waals surface area contributed by atoms with Crippen LogP contribution in [0.1, 0.15) is 15.9 Å². The fourth-order valence-corrected chi connectivity index (χ4v) is 3.51. The summed E-state index contributed by atoms with van der Waals surface area (Å²) >= 11 is 0. The number of methoxy groups -OCH3 is 3. The first-order valence-corrected chi connectivity index (χ1v) is 10.1. The summed E-state index contributed by atoms with van der Waals surface area (Å²) in [4.78, 5) is 11.7. The van der Waals surface area contributed by atoms with E-state index in [0.29, 0.717) is 12.1 Å². The van der Waals surface area contributed by atoms with E-state index in [4.69, 9.17) is 19.3 Å². The maximum atomic E-state index is 11.7. The molecule has 4 rings (SSSR count). The highest BCUT2D eigenvalue weighted by atomic mass is 16.5. The Morgan fingerprint density at radius 1 is 0.812 bits per heavy atom. The van der Waals surface area contributed by atoms with Crippen LogP contribution in [0.25, 0.3) is 22.5 Å². The Bertz CT molecular complexity index is 1230. The second kappa shape index (κ2) is 9.39. The normalized spacial score (nSPS) is 10.6. The van der Waals surface area contributed by atoms with Crippen LogP contribution in [0.3, 0.4) is 0 Å². The minimum Gasteiger partial charge on any atom is -0.497 e. The number of esters is 1. The van der Waals surface area contributed by atoms with Crippen LogP contribution in [0, 0.1) is 0 Å². The van der Waals surface area contributed by atoms with Crippen LogP contribution in [0.15, 0.2) is 78.9 Å². The van der Waals surface area contributed by atoms with Crippen molar-refractivity contribution < 1.29 is 19.0 Å². The van der Waals surface area contributed by atoms with Gasteiger partial charge in [-0.3, -0.25) is 4.68 Å². The molecular weight excluding hydrogens is 404 g/mol. The Balaban J connectivity index is 1.75. The van der Waals surface area contributed by atoms with Crippen molar-refractivity contribution in [1.82, 2.24) is 9.78 Å². The first-order chi connectivity index (χ1) is 15.6. The van der Waals surface area contributed by atoms with E-state index < -0.39 is 0 Å². The molecular formula is C26H24N2O4. The van der Waals surface area contributed by atoms with Gasteiger partial charge in [-0.05, 0) is 48.0 Å². The Hall–Kier alpha value is -4.06. The zero-order valence-corrected chi connectivity index (χ0v) is 18.2. The van der Waals surface area contributed by atoms with Gasteiger partial charge >= 0.3 is 5.97 Å². The van der Waals surface area contributed by atoms with Gasteiger partial charge < -0.3 is 14.2 Å². The lowest BCUT2D eigenvalue weighted by Crippen LogP contribution is -2.05. The molecule has 0 N–H and O–H groups in total. The van der Waals surface area contributed by atoms with Gasteiger partial charge in [-0.25, -0.2) is 4.79 Å². The van der Waals surface area contributed by atoms with E-state index in [2.05, 4.69) is 6.07 Å². The molecule has 162 valence electrons. The molecule has 0 amide bonds. The summed E-state index contributed by atoms with van der Waals surface area (Å²) in [7, 11) is 4.68. The number of aromatic nitrogens is 2. The number of ether oxygens (including phenoxy) is 3. The van der Waals surface area contributed by atoms with Crippen molar-refractivity contribution in [1.29, 1.82) is 0 Å². The van der Waals surface area contributed by atoms with Gasteiger partial charge in [0.1, 0.15) is 11.5 Å². The van der Waals surface area contributed by atoms with Crippen LogP contribution in [-0.2, 0) is 11.3 Å². The maximum Gasteiger partial charge on any atom is 0.337 e. The van der Waals surface area contributed by atoms with Gasteiger partial charge in [0.25, 0.3) is 0 Å². The largest absolute Gasteiger partial charge is 0.497 e. The molecule has 0 atom stereocenters. The third-order valence-electron chi connectivity index (χ3n) is 5.22. The average molecular weight is 428 g/mol. The number of carbonyl (C=O) groups is 1. The van der Waals surface area contributed by atoms with Crippen LogP contribution in [0.4, 0.5) is 0 Å². The molecule has 1 heterocycles. The summed E-state index contributed by atoms with van der Waals surface area (Å²) in [5.41, 5.74) is 5.29. The van der Waals surface area contributed by atoms with Crippen LogP contribution in [0.2, 0.25) is 0 Å². The second-order valence-corrected chi connectivity index (χ2v) is 7.22. The third-order valence-corrected chi connectivity index (χ3v) is 5.22. The van der Waals surface area contributed by atoms with Crippen LogP contribution < -0.4 is 9.47 Å². The van der Waals surface area contributed by atoms with E-state index in [0.717, 1.165) is 39.6 Å². The van der Waals surface area contributed by atoms with Crippen molar-refractivity contribution in [3.8, 4) is 34.0 Å². The Morgan fingerprint density at radius 2 is 1.44 bits per heavy atom. The number of nitrogens with zero attached hydrogens (tertiary/aromatic N) is 2. The highest BCUT2D eigenvalue weighted by molar-refractivity contribution is 5.89. The van der Waals surface area contributed by atoms with E-state index in [-0.39, 0.29) is 5.97 Å². The highest BCUT2D eigenvalue weighted by Crippen LogP contribution is 2.30. The second-order valence-electron chi connectivity index (χ2n) is 7.22. The van der Waals surface area contributed by atoms with Crippen molar-refractivity contribution in [3.05, 3.63) is 90.0 Å². The molecule has 0 spiro atoms. The van der Waals surface area contributed by atoms with Gasteiger partial charge in [0, 0.05) is 11.1 Å². The van der Waals surface area contributed by atoms with E-state index in [1.165, 1.54) is 7.11 Å². The average Bonchev–Trinajstić information content (AvgIpc) is 3.28. The van der Waals surface area contributed by atoms with Crippen molar-refractivity contribution >= 4 is 5.97 Å². The van der Waals surface area contributed by atoms with Crippen LogP contribution in [0.5, 0.6) is 11.5 Å². The summed E-state index contributed by atoms with van der Waals surface area (Å²) in [5, 5.41) is 4.89. The number of carbonyl (C=O) groups excluding carboxylic acids is 1. The standard InChI is InChI=1S/C26H24N2O4/c1-30-22-8-4-6-20(14-22)24-16-25(21-7-5-9-23(15-21)31-2)28(27-24)17-18-10-12-19(13-11-18)26(29)32-3/h4-16H,17H2,1-3H3. The van der Waals surface area contributed by atoms with Gasteiger partial charge in [0.2, 0.25) is 0 Å². The topological polar surface area (TPSA) is 62.6 Å². The molecule has 0 saturated carbocycles. The van der Waals surface area contributed by atoms with E-state index >= 15 is 0 Å². The van der Waals surface area contributed by atoms with Crippen molar-refractivity contribution in [2.24, 2.45) is 0 Å². The molecule has 0 radical (unpaired) electrons. The summed E-state index contributed by atoms with van der Waals surface area (Å²) in [6.07, 6.45) is 0. The first kappa shape index (κ1) is 21.2. The van der Waals surface area contributed by atoms with Crippen molar-refractivity contribution in [2.45, 2.75) is 6.54 Å². The number of benzene rings is 3. The van der Waals surface area contributed by atoms with Gasteiger partial charge in [0.15, 0.2) is 0 Å². The van der Waals surface area contributed by atoms with Gasteiger partial charge in [-0.15, -0.1) is 0 Å². The summed E-state index contributed by atoms with van der Waals surface area (Å²) in [5.74, 6) is 1.20. The van der Waals surface area contributed by atoms with Crippen LogP contribution in [-0.4, -0.2) is 37.1 Å². The lowest BCUT2D eigenvalue weighted by Gasteiger charge is -2.09. The quantitative estimate of drug-likeness (QED) is 0.385. The zero-order chi connectivity index (χ0) is 22.5. The fourth-order valence-electron chi connectivity index (χ4n) is 3.51. The molecule has 0 aliphatic carbocycles. The van der Waals surface area contributed by atoms with Crippen molar-refractivity contribution in [3.63, 3.8) is 0 Å². The number of rotatable bonds is 7. The Kier molecular flexibility index (Phi) is 6.22. The summed E-state index contributed by atoms with van der Waals surface area (Å²) in [6.45, 7) is 0.540. The molecule has 32 heavy (non-hydrogen) atoms. The van der Waals surface area contributed by atoms with Gasteiger partial charge in [0.05, 0.1) is 44.8 Å². The minimum absolute atomic E-state index is 0.354. The molecule has 3 aromatic carbocycles. The van der Waals surface area contributed by atoms with E-state index in [9.17, 15) is 4.79 Å². The Morgan fingerprint density at radius 3 is 2.06 bits per heavy atom. The molecule has 6 nitrogen and oxygen atoms in total. The molecule has 0 bridgehead atoms. The predicted molar refractivity (Wildman–Crippen MR) is 123 cm³/mol. The third kappa shape index (κ3) is 4.49. The predicted octanol–water partition coefficient (Wildman–Crippen LogP) is 5.07. The van der Waals surface area contributed by atoms with E-state index in [1.807, 2.05) is 65.3 Å². The molecule has 4 aromatic rings. The maximum absolute atomic E-state index is 11.7. The fraction of sp³-hybridized carbons (Fsp3) is 0.154. The zero-order valence-electron chi connectivity index (χ0n) is 18.2. The lowest BCUT2D eigenvalue weighted by atomic mass is 10.1. The van der Waals surface area contributed by atoms with Crippen molar-refractivity contribution in [2.75, 3.05) is 21.3 Å². The molecule has 0 aliphatic heterocycles. The molecule has 1 aromatic heterocycles.